The average Bonchev–Trinajstić information content (AvgIpc) is 3.62. The third-order valence-electron chi connectivity index (χ3n) is 6.65. The minimum Gasteiger partial charge on any atom is -0.352 e. The summed E-state index contributed by atoms with van der Waals surface area (Å²) in [6.07, 6.45) is 6.46. The fourth-order valence-electron chi connectivity index (χ4n) is 4.87. The zero-order valence-corrected chi connectivity index (χ0v) is 21.1. The monoisotopic (exact) mass is 524 g/mol. The molecule has 1 aliphatic heterocycles. The number of pyridine rings is 1. The van der Waals surface area contributed by atoms with Crippen molar-refractivity contribution in [1.29, 1.82) is 5.26 Å². The summed E-state index contributed by atoms with van der Waals surface area (Å²) in [6.45, 7) is 3.56. The Morgan fingerprint density at radius 1 is 1.11 bits per heavy atom. The first-order valence-electron chi connectivity index (χ1n) is 12.0. The fourth-order valence-corrected chi connectivity index (χ4v) is 5.46. The molecule has 9 nitrogen and oxygen atoms in total. The Morgan fingerprint density at radius 2 is 1.97 bits per heavy atom. The molecule has 0 bridgehead atoms. The predicted molar refractivity (Wildman–Crippen MR) is 142 cm³/mol. The van der Waals surface area contributed by atoms with Gasteiger partial charge in [-0.1, -0.05) is 18.2 Å². The molecule has 11 heteroatoms. The minimum absolute atomic E-state index is 0.0818. The van der Waals surface area contributed by atoms with Crippen molar-refractivity contribution >= 4 is 34.1 Å². The number of aromatic nitrogens is 5. The fraction of sp³-hybridized carbons (Fsp3) is 0.185. The number of benzene rings is 1. The summed E-state index contributed by atoms with van der Waals surface area (Å²) in [7, 11) is 0. The van der Waals surface area contributed by atoms with E-state index in [2.05, 4.69) is 30.9 Å². The summed E-state index contributed by atoms with van der Waals surface area (Å²) in [5, 5.41) is 12.3. The molecule has 0 radical (unpaired) electrons. The van der Waals surface area contributed by atoms with Gasteiger partial charge >= 0.3 is 0 Å². The highest BCUT2D eigenvalue weighted by molar-refractivity contribution is 7.11. The van der Waals surface area contributed by atoms with Gasteiger partial charge in [0.1, 0.15) is 23.8 Å². The highest BCUT2D eigenvalue weighted by Gasteiger charge is 2.32. The van der Waals surface area contributed by atoms with E-state index in [1.807, 2.05) is 11.8 Å². The summed E-state index contributed by atoms with van der Waals surface area (Å²) >= 11 is 1.33. The smallest absolute Gasteiger partial charge is 0.283 e. The number of hydrogen-bond acceptors (Lipinski definition) is 8. The molecule has 5 heterocycles. The van der Waals surface area contributed by atoms with Gasteiger partial charge in [-0.2, -0.15) is 5.26 Å². The van der Waals surface area contributed by atoms with Crippen molar-refractivity contribution in [2.45, 2.75) is 13.0 Å². The Hall–Kier alpha value is -4.69. The van der Waals surface area contributed by atoms with E-state index in [1.54, 1.807) is 58.9 Å². The van der Waals surface area contributed by atoms with Crippen molar-refractivity contribution in [3.63, 3.8) is 0 Å². The molecule has 1 aliphatic rings. The van der Waals surface area contributed by atoms with Gasteiger partial charge in [0, 0.05) is 60.8 Å². The summed E-state index contributed by atoms with van der Waals surface area (Å²) < 4.78 is 16.8. The number of amides is 1. The lowest BCUT2D eigenvalue weighted by Gasteiger charge is -2.40. The number of nitriles is 1. The topological polar surface area (TPSA) is 104 Å². The highest BCUT2D eigenvalue weighted by atomic mass is 32.1. The van der Waals surface area contributed by atoms with E-state index in [9.17, 15) is 10.1 Å². The molecule has 5 aromatic rings. The molecule has 1 fully saturated rings. The summed E-state index contributed by atoms with van der Waals surface area (Å²) in [4.78, 5) is 34.7. The molecule has 4 aromatic heterocycles. The maximum Gasteiger partial charge on any atom is 0.283 e. The number of nitrogens with zero attached hydrogens (tertiary/aromatic N) is 8. The third-order valence-corrected chi connectivity index (χ3v) is 7.41. The first-order valence-corrected chi connectivity index (χ1v) is 12.9. The Morgan fingerprint density at radius 3 is 2.74 bits per heavy atom. The maximum atomic E-state index is 15.1. The van der Waals surface area contributed by atoms with Crippen molar-refractivity contribution in [1.82, 2.24) is 29.4 Å². The minimum atomic E-state index is -0.368. The molecule has 188 valence electrons. The molecule has 1 atom stereocenters. The molecular weight excluding hydrogens is 503 g/mol. The number of anilines is 1. The second-order valence-electron chi connectivity index (χ2n) is 8.93. The standard InChI is InChI=1S/C27H21FN8OS/c1-17-14-34(9-10-35(17)27(37)26-31-8-11-38-26)24-23-20(19-4-2-3-5-21(19)28)15-36(25(23)33-16-32-24)22-12-18(13-29)6-7-30-22/h2-8,11-12,15-17H,9-10,14H2,1H3. The Labute approximate surface area is 221 Å². The van der Waals surface area contributed by atoms with Crippen LogP contribution in [0.4, 0.5) is 10.2 Å². The lowest BCUT2D eigenvalue weighted by molar-refractivity contribution is 0.0673. The van der Waals surface area contributed by atoms with Gasteiger partial charge in [-0.3, -0.25) is 9.36 Å². The van der Waals surface area contributed by atoms with E-state index >= 15 is 4.39 Å². The Bertz CT molecular complexity index is 1690. The van der Waals surface area contributed by atoms with E-state index in [1.165, 1.54) is 23.7 Å². The van der Waals surface area contributed by atoms with Gasteiger partial charge in [0.25, 0.3) is 5.91 Å². The number of halogens is 1. The number of carbonyl (C=O) groups excluding carboxylic acids is 1. The molecule has 0 spiro atoms. The summed E-state index contributed by atoms with van der Waals surface area (Å²) in [5.41, 5.74) is 2.03. The van der Waals surface area contributed by atoms with Gasteiger partial charge in [-0.15, -0.1) is 11.3 Å². The van der Waals surface area contributed by atoms with Crippen molar-refractivity contribution < 1.29 is 9.18 Å². The maximum absolute atomic E-state index is 15.1. The lowest BCUT2D eigenvalue weighted by atomic mass is 10.0. The van der Waals surface area contributed by atoms with Crippen LogP contribution in [0.25, 0.3) is 28.0 Å². The van der Waals surface area contributed by atoms with Gasteiger partial charge in [-0.25, -0.2) is 24.3 Å². The molecular formula is C27H21FN8OS. The lowest BCUT2D eigenvalue weighted by Crippen LogP contribution is -2.54. The molecule has 1 unspecified atom stereocenters. The zero-order chi connectivity index (χ0) is 26.2. The first-order chi connectivity index (χ1) is 18.5. The zero-order valence-electron chi connectivity index (χ0n) is 20.3. The van der Waals surface area contributed by atoms with Crippen LogP contribution in [-0.2, 0) is 0 Å². The molecule has 0 N–H and O–H groups in total. The highest BCUT2D eigenvalue weighted by Crippen LogP contribution is 2.38. The van der Waals surface area contributed by atoms with Crippen LogP contribution in [0.2, 0.25) is 0 Å². The number of fused-ring (bicyclic) bond motifs is 1. The number of hydrogen-bond donors (Lipinski definition) is 0. The summed E-state index contributed by atoms with van der Waals surface area (Å²) in [5.74, 6) is 0.694. The van der Waals surface area contributed by atoms with Crippen molar-refractivity contribution in [2.24, 2.45) is 0 Å². The molecule has 1 aromatic carbocycles. The van der Waals surface area contributed by atoms with Gasteiger partial charge < -0.3 is 9.80 Å². The van der Waals surface area contributed by atoms with Crippen LogP contribution in [0.5, 0.6) is 0 Å². The second kappa shape index (κ2) is 9.64. The molecule has 6 rings (SSSR count). The number of carbonyl (C=O) groups is 1. The first kappa shape index (κ1) is 23.7. The van der Waals surface area contributed by atoms with Crippen LogP contribution in [0, 0.1) is 17.1 Å². The van der Waals surface area contributed by atoms with E-state index in [4.69, 9.17) is 0 Å². The van der Waals surface area contributed by atoms with E-state index in [0.717, 1.165) is 0 Å². The Balaban J connectivity index is 1.46. The summed E-state index contributed by atoms with van der Waals surface area (Å²) in [6, 6.07) is 11.9. The molecule has 0 saturated carbocycles. The molecule has 1 saturated heterocycles. The van der Waals surface area contributed by atoms with Crippen molar-refractivity contribution in [2.75, 3.05) is 24.5 Å². The molecule has 38 heavy (non-hydrogen) atoms. The van der Waals surface area contributed by atoms with Crippen LogP contribution in [0.1, 0.15) is 22.3 Å². The van der Waals surface area contributed by atoms with Crippen LogP contribution in [0.3, 0.4) is 0 Å². The molecule has 1 amide bonds. The van der Waals surface area contributed by atoms with E-state index < -0.39 is 0 Å². The predicted octanol–water partition coefficient (Wildman–Crippen LogP) is 4.30. The van der Waals surface area contributed by atoms with Crippen LogP contribution in [0.15, 0.2) is 66.7 Å². The number of rotatable bonds is 4. The van der Waals surface area contributed by atoms with Gasteiger partial charge in [0.15, 0.2) is 10.7 Å². The van der Waals surface area contributed by atoms with Crippen molar-refractivity contribution in [3.05, 3.63) is 83.1 Å². The SMILES string of the molecule is CC1CN(c2ncnc3c2c(-c2ccccc2F)cn3-c2cc(C#N)ccn2)CCN1C(=O)c1nccs1. The van der Waals surface area contributed by atoms with Crippen LogP contribution >= 0.6 is 11.3 Å². The Kier molecular flexibility index (Phi) is 6.01. The average molecular weight is 525 g/mol. The largest absolute Gasteiger partial charge is 0.352 e. The second-order valence-corrected chi connectivity index (χ2v) is 9.83. The van der Waals surface area contributed by atoms with Gasteiger partial charge in [0.2, 0.25) is 0 Å². The van der Waals surface area contributed by atoms with E-state index in [-0.39, 0.29) is 17.8 Å². The molecule has 0 aliphatic carbocycles. The third kappa shape index (κ3) is 4.05. The van der Waals surface area contributed by atoms with Gasteiger partial charge in [-0.05, 0) is 25.1 Å². The number of piperazine rings is 1. The number of thiazole rings is 1. The van der Waals surface area contributed by atoms with E-state index in [0.29, 0.717) is 64.0 Å². The van der Waals surface area contributed by atoms with Crippen LogP contribution < -0.4 is 4.90 Å². The van der Waals surface area contributed by atoms with Crippen molar-refractivity contribution in [3.8, 4) is 23.0 Å². The van der Waals surface area contributed by atoms with Crippen LogP contribution in [-0.4, -0.2) is 61.0 Å². The van der Waals surface area contributed by atoms with Gasteiger partial charge in [0.05, 0.1) is 17.0 Å². The normalized spacial score (nSPS) is 15.6. The quantitative estimate of drug-likeness (QED) is 0.345.